The van der Waals surface area contributed by atoms with Crippen molar-refractivity contribution in [3.05, 3.63) is 102 Å². The van der Waals surface area contributed by atoms with Crippen LogP contribution in [0.5, 0.6) is 0 Å². The fourth-order valence-electron chi connectivity index (χ4n) is 3.59. The van der Waals surface area contributed by atoms with E-state index in [9.17, 15) is 4.79 Å². The topological polar surface area (TPSA) is 32.3 Å². The molecule has 1 atom stereocenters. The number of carbonyl (C=O) groups excluding carboxylic acids is 1. The predicted molar refractivity (Wildman–Crippen MR) is 117 cm³/mol. The summed E-state index contributed by atoms with van der Waals surface area (Å²) in [4.78, 5) is 16.0. The summed E-state index contributed by atoms with van der Waals surface area (Å²) in [5.41, 5.74) is 2.02. The van der Waals surface area contributed by atoms with E-state index in [1.54, 1.807) is 0 Å². The monoisotopic (exact) mass is 372 g/mol. The van der Waals surface area contributed by atoms with Gasteiger partial charge in [-0.1, -0.05) is 78.9 Å². The van der Waals surface area contributed by atoms with Crippen LogP contribution in [-0.4, -0.2) is 30.9 Å². The molecule has 0 radical (unpaired) electrons. The van der Waals surface area contributed by atoms with Crippen molar-refractivity contribution in [1.29, 1.82) is 0 Å². The summed E-state index contributed by atoms with van der Waals surface area (Å²) in [5.74, 6) is -0.00944. The molecule has 3 aromatic carbocycles. The minimum Gasteiger partial charge on any atom is -0.325 e. The summed E-state index contributed by atoms with van der Waals surface area (Å²) in [7, 11) is 4.11. The molecule has 0 aliphatic heterocycles. The quantitative estimate of drug-likeness (QED) is 0.636. The normalized spacial score (nSPS) is 12.6. The lowest BCUT2D eigenvalue weighted by molar-refractivity contribution is -0.120. The molecule has 0 spiro atoms. The van der Waals surface area contributed by atoms with Gasteiger partial charge in [0, 0.05) is 11.7 Å². The molecular formula is C25H28N2O. The van der Waals surface area contributed by atoms with Crippen LogP contribution in [0, 0.1) is 0 Å². The van der Waals surface area contributed by atoms with Gasteiger partial charge in [0.2, 0.25) is 5.91 Å². The first-order valence-corrected chi connectivity index (χ1v) is 9.68. The zero-order valence-corrected chi connectivity index (χ0v) is 16.8. The molecule has 0 saturated heterocycles. The number of nitrogens with one attached hydrogen (secondary N) is 1. The van der Waals surface area contributed by atoms with Gasteiger partial charge in [-0.2, -0.15) is 0 Å². The lowest BCUT2D eigenvalue weighted by Crippen LogP contribution is -2.46. The second kappa shape index (κ2) is 8.85. The van der Waals surface area contributed by atoms with Crippen LogP contribution in [0.2, 0.25) is 0 Å². The summed E-state index contributed by atoms with van der Waals surface area (Å²) in [5, 5.41) is 3.17. The number of para-hydroxylation sites is 1. The van der Waals surface area contributed by atoms with Crippen molar-refractivity contribution in [3.8, 4) is 0 Å². The summed E-state index contributed by atoms with van der Waals surface area (Å²) < 4.78 is 0. The molecule has 0 aliphatic carbocycles. The zero-order chi connectivity index (χ0) is 20.0. The molecule has 0 aliphatic rings. The number of carbonyl (C=O) groups is 1. The molecule has 0 heterocycles. The SMILES string of the molecule is C[C@H](CC(C(=O)Nc1ccccc1)(c1ccccc1)c1ccccc1)N(C)C. The Labute approximate surface area is 168 Å². The van der Waals surface area contributed by atoms with Crippen LogP contribution in [0.1, 0.15) is 24.5 Å². The molecule has 3 nitrogen and oxygen atoms in total. The largest absolute Gasteiger partial charge is 0.325 e. The molecule has 1 amide bonds. The van der Waals surface area contributed by atoms with Crippen molar-refractivity contribution in [2.75, 3.05) is 19.4 Å². The van der Waals surface area contributed by atoms with E-state index in [1.165, 1.54) is 0 Å². The van der Waals surface area contributed by atoms with Crippen molar-refractivity contribution >= 4 is 11.6 Å². The van der Waals surface area contributed by atoms with Gasteiger partial charge in [-0.25, -0.2) is 0 Å². The second-order valence-electron chi connectivity index (χ2n) is 7.47. The summed E-state index contributed by atoms with van der Waals surface area (Å²) in [6.07, 6.45) is 0.673. The van der Waals surface area contributed by atoms with Crippen LogP contribution in [0.25, 0.3) is 0 Å². The van der Waals surface area contributed by atoms with Gasteiger partial charge in [0.05, 0.1) is 0 Å². The van der Waals surface area contributed by atoms with E-state index in [4.69, 9.17) is 0 Å². The average Bonchev–Trinajstić information content (AvgIpc) is 2.73. The van der Waals surface area contributed by atoms with Gasteiger partial charge >= 0.3 is 0 Å². The van der Waals surface area contributed by atoms with Crippen LogP contribution in [-0.2, 0) is 10.2 Å². The Balaban J connectivity index is 2.16. The zero-order valence-electron chi connectivity index (χ0n) is 16.8. The predicted octanol–water partition coefficient (Wildman–Crippen LogP) is 4.95. The Morgan fingerprint density at radius 3 is 1.68 bits per heavy atom. The standard InChI is InChI=1S/C25H28N2O/c1-20(27(2)3)19-25(21-13-7-4-8-14-21,22-15-9-5-10-16-22)24(28)26-23-17-11-6-12-18-23/h4-18,20H,19H2,1-3H3,(H,26,28)/t20-/m1/s1. The van der Waals surface area contributed by atoms with Crippen LogP contribution in [0.3, 0.4) is 0 Å². The second-order valence-corrected chi connectivity index (χ2v) is 7.47. The molecule has 144 valence electrons. The minimum absolute atomic E-state index is 0.00944. The number of nitrogens with zero attached hydrogens (tertiary/aromatic N) is 1. The van der Waals surface area contributed by atoms with Gasteiger partial charge in [-0.3, -0.25) is 4.79 Å². The molecule has 28 heavy (non-hydrogen) atoms. The Morgan fingerprint density at radius 1 is 0.821 bits per heavy atom. The third kappa shape index (κ3) is 4.15. The highest BCUT2D eigenvalue weighted by molar-refractivity contribution is 6.02. The van der Waals surface area contributed by atoms with E-state index in [0.29, 0.717) is 6.42 Å². The molecule has 3 rings (SSSR count). The lowest BCUT2D eigenvalue weighted by Gasteiger charge is -2.37. The van der Waals surface area contributed by atoms with Gasteiger partial charge in [-0.05, 0) is 50.7 Å². The number of rotatable bonds is 7. The molecule has 3 heteroatoms. The number of hydrogen-bond donors (Lipinski definition) is 1. The van der Waals surface area contributed by atoms with Crippen LogP contribution in [0.15, 0.2) is 91.0 Å². The fraction of sp³-hybridized carbons (Fsp3) is 0.240. The van der Waals surface area contributed by atoms with Crippen LogP contribution in [0.4, 0.5) is 5.69 Å². The van der Waals surface area contributed by atoms with Crippen molar-refractivity contribution < 1.29 is 4.79 Å². The molecule has 3 aromatic rings. The van der Waals surface area contributed by atoms with E-state index in [1.807, 2.05) is 66.7 Å². The molecule has 0 unspecified atom stereocenters. The fourth-order valence-corrected chi connectivity index (χ4v) is 3.59. The third-order valence-electron chi connectivity index (χ3n) is 5.44. The smallest absolute Gasteiger partial charge is 0.239 e. The first-order valence-electron chi connectivity index (χ1n) is 9.68. The highest BCUT2D eigenvalue weighted by atomic mass is 16.2. The minimum atomic E-state index is -0.790. The molecule has 0 aromatic heterocycles. The number of anilines is 1. The molecule has 0 saturated carbocycles. The lowest BCUT2D eigenvalue weighted by atomic mass is 9.69. The Bertz CT molecular complexity index is 837. The number of benzene rings is 3. The van der Waals surface area contributed by atoms with Crippen molar-refractivity contribution in [1.82, 2.24) is 4.90 Å². The Morgan fingerprint density at radius 2 is 1.25 bits per heavy atom. The Kier molecular flexibility index (Phi) is 6.27. The first-order chi connectivity index (χ1) is 13.5. The van der Waals surface area contributed by atoms with Crippen molar-refractivity contribution in [2.45, 2.75) is 24.8 Å². The maximum absolute atomic E-state index is 13.9. The first kappa shape index (κ1) is 19.8. The maximum atomic E-state index is 13.9. The van der Waals surface area contributed by atoms with Crippen molar-refractivity contribution in [3.63, 3.8) is 0 Å². The van der Waals surface area contributed by atoms with E-state index in [0.717, 1.165) is 16.8 Å². The summed E-state index contributed by atoms with van der Waals surface area (Å²) in [6.45, 7) is 2.16. The molecule has 1 N–H and O–H groups in total. The van der Waals surface area contributed by atoms with Crippen LogP contribution >= 0.6 is 0 Å². The number of hydrogen-bond acceptors (Lipinski definition) is 2. The molecule has 0 bridgehead atoms. The summed E-state index contributed by atoms with van der Waals surface area (Å²) >= 11 is 0. The van der Waals surface area contributed by atoms with Gasteiger partial charge < -0.3 is 10.2 Å². The number of amides is 1. The average molecular weight is 373 g/mol. The van der Waals surface area contributed by atoms with E-state index in [2.05, 4.69) is 55.5 Å². The Hall–Kier alpha value is -2.91. The third-order valence-corrected chi connectivity index (χ3v) is 5.44. The van der Waals surface area contributed by atoms with Gasteiger partial charge in [0.25, 0.3) is 0 Å². The van der Waals surface area contributed by atoms with Gasteiger partial charge in [0.1, 0.15) is 5.41 Å². The molecular weight excluding hydrogens is 344 g/mol. The van der Waals surface area contributed by atoms with Crippen molar-refractivity contribution in [2.24, 2.45) is 0 Å². The van der Waals surface area contributed by atoms with E-state index < -0.39 is 5.41 Å². The summed E-state index contributed by atoms with van der Waals surface area (Å²) in [6, 6.07) is 30.1. The highest BCUT2D eigenvalue weighted by Gasteiger charge is 2.43. The van der Waals surface area contributed by atoms with E-state index >= 15 is 0 Å². The highest BCUT2D eigenvalue weighted by Crippen LogP contribution is 2.39. The van der Waals surface area contributed by atoms with Gasteiger partial charge in [-0.15, -0.1) is 0 Å². The van der Waals surface area contributed by atoms with Gasteiger partial charge in [0.15, 0.2) is 0 Å². The molecule has 0 fully saturated rings. The maximum Gasteiger partial charge on any atom is 0.239 e. The van der Waals surface area contributed by atoms with Crippen LogP contribution < -0.4 is 5.32 Å². The van der Waals surface area contributed by atoms with E-state index in [-0.39, 0.29) is 11.9 Å².